The van der Waals surface area contributed by atoms with Gasteiger partial charge in [-0.15, -0.1) is 0 Å². The third-order valence-corrected chi connectivity index (χ3v) is 5.51. The van der Waals surface area contributed by atoms with Crippen LogP contribution in [0.15, 0.2) is 4.52 Å². The van der Waals surface area contributed by atoms with Crippen molar-refractivity contribution in [3.05, 3.63) is 11.7 Å². The molecule has 0 aromatic carbocycles. The van der Waals surface area contributed by atoms with Crippen molar-refractivity contribution in [2.45, 2.75) is 44.2 Å². The Balaban J connectivity index is 1.64. The van der Waals surface area contributed by atoms with E-state index in [0.29, 0.717) is 5.89 Å². The van der Waals surface area contributed by atoms with Crippen LogP contribution in [-0.2, 0) is 6.42 Å². The van der Waals surface area contributed by atoms with Crippen LogP contribution in [-0.4, -0.2) is 51.3 Å². The average Bonchev–Trinajstić information content (AvgIpc) is 2.90. The van der Waals surface area contributed by atoms with Crippen LogP contribution in [0.3, 0.4) is 0 Å². The summed E-state index contributed by atoms with van der Waals surface area (Å²) >= 11 is 1.94. The Bertz CT molecular complexity index is 440. The highest BCUT2D eigenvalue weighted by Crippen LogP contribution is 2.29. The third-order valence-electron chi connectivity index (χ3n) is 4.48. The number of aliphatic hydroxyl groups is 1. The number of nitrogens with zero attached hydrogens (tertiary/aromatic N) is 3. The molecule has 2 heterocycles. The molecule has 112 valence electrons. The summed E-state index contributed by atoms with van der Waals surface area (Å²) in [5, 5.41) is 14.2. The zero-order valence-electron chi connectivity index (χ0n) is 12.0. The van der Waals surface area contributed by atoms with E-state index in [9.17, 15) is 5.11 Å². The summed E-state index contributed by atoms with van der Waals surface area (Å²) in [5.41, 5.74) is 0. The molecular formula is C14H23N3O2S. The molecule has 5 nitrogen and oxygen atoms in total. The van der Waals surface area contributed by atoms with Crippen LogP contribution in [0.5, 0.6) is 0 Å². The van der Waals surface area contributed by atoms with Crippen molar-refractivity contribution in [1.29, 1.82) is 0 Å². The fourth-order valence-electron chi connectivity index (χ4n) is 3.10. The van der Waals surface area contributed by atoms with Crippen molar-refractivity contribution in [2.24, 2.45) is 5.92 Å². The number of thioether (sulfide) groups is 1. The van der Waals surface area contributed by atoms with E-state index in [1.54, 1.807) is 0 Å². The van der Waals surface area contributed by atoms with E-state index in [0.717, 1.165) is 43.8 Å². The van der Waals surface area contributed by atoms with Crippen LogP contribution in [0, 0.1) is 5.92 Å². The Morgan fingerprint density at radius 1 is 1.40 bits per heavy atom. The summed E-state index contributed by atoms with van der Waals surface area (Å²) in [6.45, 7) is 1.07. The first-order valence-electron chi connectivity index (χ1n) is 7.52. The minimum Gasteiger partial charge on any atom is -0.393 e. The molecule has 1 saturated carbocycles. The van der Waals surface area contributed by atoms with E-state index >= 15 is 0 Å². The summed E-state index contributed by atoms with van der Waals surface area (Å²) in [6, 6.07) is 0.266. The van der Waals surface area contributed by atoms with Crippen LogP contribution in [0.25, 0.3) is 0 Å². The van der Waals surface area contributed by atoms with E-state index in [1.807, 2.05) is 11.8 Å². The molecule has 20 heavy (non-hydrogen) atoms. The summed E-state index contributed by atoms with van der Waals surface area (Å²) < 4.78 is 5.41. The molecule has 3 unspecified atom stereocenters. The van der Waals surface area contributed by atoms with Crippen LogP contribution in [0.4, 0.5) is 0 Å². The van der Waals surface area contributed by atoms with Gasteiger partial charge in [-0.25, -0.2) is 0 Å². The van der Waals surface area contributed by atoms with Crippen molar-refractivity contribution in [1.82, 2.24) is 15.0 Å². The predicted octanol–water partition coefficient (Wildman–Crippen LogP) is 1.88. The molecule has 3 atom stereocenters. The molecule has 1 N–H and O–H groups in total. The van der Waals surface area contributed by atoms with Gasteiger partial charge in [-0.2, -0.15) is 16.7 Å². The van der Waals surface area contributed by atoms with Gasteiger partial charge >= 0.3 is 0 Å². The first kappa shape index (κ1) is 14.4. The lowest BCUT2D eigenvalue weighted by atomic mass is 9.84. The lowest BCUT2D eigenvalue weighted by molar-refractivity contribution is 0.0657. The monoisotopic (exact) mass is 297 g/mol. The highest BCUT2D eigenvalue weighted by Gasteiger charge is 2.28. The van der Waals surface area contributed by atoms with E-state index in [2.05, 4.69) is 22.1 Å². The van der Waals surface area contributed by atoms with Gasteiger partial charge in [-0.3, -0.25) is 4.90 Å². The number of hydrogen-bond donors (Lipinski definition) is 1. The molecule has 1 aliphatic heterocycles. The number of rotatable bonds is 3. The highest BCUT2D eigenvalue weighted by molar-refractivity contribution is 7.99. The maximum absolute atomic E-state index is 10.0. The second-order valence-electron chi connectivity index (χ2n) is 5.93. The minimum atomic E-state index is -0.202. The topological polar surface area (TPSA) is 62.4 Å². The molecule has 0 amide bonds. The van der Waals surface area contributed by atoms with Gasteiger partial charge in [-0.1, -0.05) is 18.0 Å². The fraction of sp³-hybridized carbons (Fsp3) is 0.857. The van der Waals surface area contributed by atoms with Gasteiger partial charge in [0.25, 0.3) is 0 Å². The quantitative estimate of drug-likeness (QED) is 0.919. The zero-order chi connectivity index (χ0) is 13.9. The van der Waals surface area contributed by atoms with Crippen molar-refractivity contribution >= 4 is 11.8 Å². The molecule has 1 saturated heterocycles. The second kappa shape index (κ2) is 6.45. The minimum absolute atomic E-state index is 0.202. The molecule has 1 aromatic heterocycles. The van der Waals surface area contributed by atoms with E-state index in [4.69, 9.17) is 4.52 Å². The Kier molecular flexibility index (Phi) is 4.63. The van der Waals surface area contributed by atoms with Gasteiger partial charge in [-0.05, 0) is 25.8 Å². The number of aliphatic hydroxyl groups excluding tert-OH is 1. The molecule has 1 aromatic rings. The summed E-state index contributed by atoms with van der Waals surface area (Å²) in [5.74, 6) is 3.98. The number of aromatic nitrogens is 2. The molecule has 1 aliphatic carbocycles. The van der Waals surface area contributed by atoms with E-state index in [-0.39, 0.29) is 18.1 Å². The molecule has 0 bridgehead atoms. The van der Waals surface area contributed by atoms with Gasteiger partial charge in [0.2, 0.25) is 5.89 Å². The van der Waals surface area contributed by atoms with Crippen molar-refractivity contribution in [3.8, 4) is 0 Å². The van der Waals surface area contributed by atoms with Gasteiger partial charge in [0, 0.05) is 24.5 Å². The van der Waals surface area contributed by atoms with Gasteiger partial charge in [0.05, 0.1) is 12.1 Å². The van der Waals surface area contributed by atoms with Gasteiger partial charge < -0.3 is 9.63 Å². The first-order valence-corrected chi connectivity index (χ1v) is 8.68. The van der Waals surface area contributed by atoms with Gasteiger partial charge in [0.1, 0.15) is 0 Å². The normalized spacial score (nSPS) is 32.4. The smallest absolute Gasteiger partial charge is 0.227 e. The molecular weight excluding hydrogens is 274 g/mol. The Morgan fingerprint density at radius 2 is 2.25 bits per heavy atom. The third kappa shape index (κ3) is 3.18. The zero-order valence-corrected chi connectivity index (χ0v) is 12.8. The standard InChI is InChI=1S/C14H23N3O2S/c1-17-6-7-20-9-11(17)14-15-13(19-16-14)8-10-4-2-3-5-12(10)18/h10-12,18H,2-9H2,1H3. The lowest BCUT2D eigenvalue weighted by Gasteiger charge is -2.29. The van der Waals surface area contributed by atoms with Crippen LogP contribution < -0.4 is 0 Å². The fourth-order valence-corrected chi connectivity index (χ4v) is 4.31. The Morgan fingerprint density at radius 3 is 3.05 bits per heavy atom. The molecule has 0 radical (unpaired) electrons. The first-order chi connectivity index (χ1) is 9.74. The van der Waals surface area contributed by atoms with Crippen LogP contribution in [0.1, 0.15) is 43.4 Å². The maximum atomic E-state index is 10.0. The van der Waals surface area contributed by atoms with Crippen LogP contribution >= 0.6 is 11.8 Å². The van der Waals surface area contributed by atoms with Crippen molar-refractivity contribution in [2.75, 3.05) is 25.1 Å². The van der Waals surface area contributed by atoms with E-state index in [1.165, 1.54) is 12.2 Å². The molecule has 3 rings (SSSR count). The average molecular weight is 297 g/mol. The van der Waals surface area contributed by atoms with Gasteiger partial charge in [0.15, 0.2) is 5.82 Å². The molecule has 6 heteroatoms. The molecule has 2 aliphatic rings. The predicted molar refractivity (Wildman–Crippen MR) is 78.7 cm³/mol. The Hall–Kier alpha value is -0.590. The number of hydrogen-bond acceptors (Lipinski definition) is 6. The largest absolute Gasteiger partial charge is 0.393 e. The van der Waals surface area contributed by atoms with Crippen molar-refractivity contribution in [3.63, 3.8) is 0 Å². The van der Waals surface area contributed by atoms with E-state index < -0.39 is 0 Å². The summed E-state index contributed by atoms with van der Waals surface area (Å²) in [4.78, 5) is 6.86. The van der Waals surface area contributed by atoms with Crippen molar-refractivity contribution < 1.29 is 9.63 Å². The SMILES string of the molecule is CN1CCSCC1c1noc(CC2CCCCC2O)n1. The van der Waals surface area contributed by atoms with Crippen LogP contribution in [0.2, 0.25) is 0 Å². The summed E-state index contributed by atoms with van der Waals surface area (Å²) in [6.07, 6.45) is 4.83. The second-order valence-corrected chi connectivity index (χ2v) is 7.08. The summed E-state index contributed by atoms with van der Waals surface area (Å²) in [7, 11) is 2.12. The molecule has 2 fully saturated rings. The maximum Gasteiger partial charge on any atom is 0.227 e. The highest BCUT2D eigenvalue weighted by atomic mass is 32.2. The molecule has 0 spiro atoms. The Labute approximate surface area is 124 Å². The lowest BCUT2D eigenvalue weighted by Crippen LogP contribution is -2.33.